The third kappa shape index (κ3) is 2.45. The highest BCUT2D eigenvalue weighted by atomic mass is 32.1. The molecule has 0 bridgehead atoms. The Labute approximate surface area is 171 Å². The molecule has 1 aromatic rings. The van der Waals surface area contributed by atoms with Crippen LogP contribution in [0, 0.1) is 28.6 Å². The van der Waals surface area contributed by atoms with Gasteiger partial charge in [0.05, 0.1) is 6.10 Å². The highest BCUT2D eigenvalue weighted by Gasteiger charge is 2.61. The van der Waals surface area contributed by atoms with E-state index in [1.54, 1.807) is 17.4 Å². The number of rotatable bonds is 1. The number of hydrogen-bond donors (Lipinski definition) is 1. The molecule has 2 heterocycles. The van der Waals surface area contributed by atoms with Crippen LogP contribution in [0.4, 0.5) is 0 Å². The zero-order valence-electron chi connectivity index (χ0n) is 17.0. The second-order valence-electron chi connectivity index (χ2n) is 9.86. The van der Waals surface area contributed by atoms with Crippen molar-refractivity contribution in [3.05, 3.63) is 34.3 Å². The minimum atomic E-state index is -0.362. The SMILES string of the molecule is CN1C(=O)C=C[C@]2(C)[C@H]3CC[C@]4(C)[C@@H](O)/C(=C\c5nccs5)C[C@H]4[C@@H]3CC[C@@H]12. The number of thiazole rings is 1. The second kappa shape index (κ2) is 6.27. The van der Waals surface area contributed by atoms with Crippen LogP contribution >= 0.6 is 11.3 Å². The Kier molecular flexibility index (Phi) is 4.15. The molecule has 150 valence electrons. The van der Waals surface area contributed by atoms with Crippen molar-refractivity contribution < 1.29 is 9.90 Å². The summed E-state index contributed by atoms with van der Waals surface area (Å²) in [7, 11) is 1.97. The lowest BCUT2D eigenvalue weighted by molar-refractivity contribution is -0.140. The molecule has 0 radical (unpaired) electrons. The number of nitrogens with zero attached hydrogens (tertiary/aromatic N) is 2. The topological polar surface area (TPSA) is 53.4 Å². The van der Waals surface area contributed by atoms with Crippen molar-refractivity contribution in [1.82, 2.24) is 9.88 Å². The number of carbonyl (C=O) groups excluding carboxylic acids is 1. The largest absolute Gasteiger partial charge is 0.388 e. The van der Waals surface area contributed by atoms with Gasteiger partial charge in [-0.25, -0.2) is 4.98 Å². The van der Waals surface area contributed by atoms with Gasteiger partial charge in [0.2, 0.25) is 5.91 Å². The van der Waals surface area contributed by atoms with Gasteiger partial charge in [-0.05, 0) is 67.6 Å². The molecule has 1 aromatic heterocycles. The summed E-state index contributed by atoms with van der Waals surface area (Å²) in [6.07, 6.45) is 13.0. The van der Waals surface area contributed by atoms with Crippen LogP contribution in [0.3, 0.4) is 0 Å². The Bertz CT molecular complexity index is 847. The number of hydrogen-bond acceptors (Lipinski definition) is 4. The van der Waals surface area contributed by atoms with Crippen molar-refractivity contribution in [2.75, 3.05) is 7.05 Å². The molecule has 0 unspecified atom stereocenters. The first kappa shape index (κ1) is 18.6. The van der Waals surface area contributed by atoms with Gasteiger partial charge >= 0.3 is 0 Å². The number of likely N-dealkylation sites (N-methyl/N-ethyl adjacent to an activating group) is 1. The molecule has 5 heteroatoms. The molecule has 28 heavy (non-hydrogen) atoms. The second-order valence-corrected chi connectivity index (χ2v) is 10.8. The van der Waals surface area contributed by atoms with E-state index in [1.165, 1.54) is 5.57 Å². The summed E-state index contributed by atoms with van der Waals surface area (Å²) in [6, 6.07) is 0.312. The highest BCUT2D eigenvalue weighted by molar-refractivity contribution is 7.10. The standard InChI is InChI=1S/C23H30N2O2S/c1-22-9-7-20(26)25(3)18(22)5-4-15-16(22)6-8-23(2)17(15)12-14(21(23)27)13-19-24-10-11-28-19/h7,9-11,13,15-18,21,27H,4-6,8,12H2,1-3H3/b14-13-/t15-,16+,17+,18-,21+,22-,23+/m1/s1. The molecule has 7 atom stereocenters. The lowest BCUT2D eigenvalue weighted by Gasteiger charge is -2.59. The Morgan fingerprint density at radius 2 is 2.11 bits per heavy atom. The number of aromatic nitrogens is 1. The van der Waals surface area contributed by atoms with Crippen molar-refractivity contribution in [2.24, 2.45) is 28.6 Å². The first-order valence-electron chi connectivity index (χ1n) is 10.6. The van der Waals surface area contributed by atoms with Crippen LogP contribution in [-0.4, -0.2) is 40.1 Å². The number of amides is 1. The van der Waals surface area contributed by atoms with E-state index in [4.69, 9.17) is 0 Å². The normalized spacial score (nSPS) is 46.4. The van der Waals surface area contributed by atoms with E-state index in [-0.39, 0.29) is 22.8 Å². The zero-order chi connectivity index (χ0) is 19.7. The molecule has 1 aliphatic heterocycles. The van der Waals surface area contributed by atoms with E-state index >= 15 is 0 Å². The lowest BCUT2D eigenvalue weighted by Crippen LogP contribution is -2.59. The van der Waals surface area contributed by atoms with Crippen molar-refractivity contribution in [3.63, 3.8) is 0 Å². The molecular weight excluding hydrogens is 368 g/mol. The average Bonchev–Trinajstić information content (AvgIpc) is 3.27. The maximum absolute atomic E-state index is 12.2. The number of aliphatic hydroxyl groups excluding tert-OH is 1. The molecule has 4 aliphatic rings. The predicted octanol–water partition coefficient (Wildman–Crippen LogP) is 4.14. The molecule has 3 fully saturated rings. The number of aliphatic hydroxyl groups is 1. The van der Waals surface area contributed by atoms with E-state index in [9.17, 15) is 9.90 Å². The Morgan fingerprint density at radius 3 is 2.86 bits per heavy atom. The molecule has 1 N–H and O–H groups in total. The van der Waals surface area contributed by atoms with Crippen LogP contribution in [0.2, 0.25) is 0 Å². The van der Waals surface area contributed by atoms with Crippen LogP contribution in [0.1, 0.15) is 51.0 Å². The van der Waals surface area contributed by atoms with Crippen LogP contribution in [0.5, 0.6) is 0 Å². The third-order valence-corrected chi connectivity index (χ3v) is 9.48. The monoisotopic (exact) mass is 398 g/mol. The summed E-state index contributed by atoms with van der Waals surface area (Å²) in [5.74, 6) is 1.86. The smallest absolute Gasteiger partial charge is 0.246 e. The zero-order valence-corrected chi connectivity index (χ0v) is 17.8. The summed E-state index contributed by atoms with van der Waals surface area (Å²) >= 11 is 1.64. The first-order valence-corrected chi connectivity index (χ1v) is 11.5. The van der Waals surface area contributed by atoms with Gasteiger partial charge in [0.15, 0.2) is 0 Å². The van der Waals surface area contributed by atoms with Gasteiger partial charge in [-0.2, -0.15) is 0 Å². The summed E-state index contributed by atoms with van der Waals surface area (Å²) in [5.41, 5.74) is 1.19. The van der Waals surface area contributed by atoms with Gasteiger partial charge in [0.1, 0.15) is 5.01 Å². The van der Waals surface area contributed by atoms with E-state index in [2.05, 4.69) is 31.0 Å². The van der Waals surface area contributed by atoms with Gasteiger partial charge in [-0.3, -0.25) is 4.79 Å². The summed E-state index contributed by atoms with van der Waals surface area (Å²) in [4.78, 5) is 18.6. The van der Waals surface area contributed by atoms with Crippen molar-refractivity contribution in [1.29, 1.82) is 0 Å². The molecular formula is C23H30N2O2S. The fraction of sp³-hybridized carbons (Fsp3) is 0.652. The van der Waals surface area contributed by atoms with Crippen molar-refractivity contribution >= 4 is 23.3 Å². The van der Waals surface area contributed by atoms with Gasteiger partial charge in [0.25, 0.3) is 0 Å². The lowest BCUT2D eigenvalue weighted by atomic mass is 9.48. The molecule has 0 spiro atoms. The fourth-order valence-corrected chi connectivity index (χ4v) is 7.80. The van der Waals surface area contributed by atoms with Crippen molar-refractivity contribution in [3.8, 4) is 0 Å². The molecule has 1 amide bonds. The Hall–Kier alpha value is -1.46. The van der Waals surface area contributed by atoms with Gasteiger partial charge in [-0.15, -0.1) is 11.3 Å². The van der Waals surface area contributed by atoms with Gasteiger partial charge < -0.3 is 10.0 Å². The fourth-order valence-electron chi connectivity index (χ4n) is 7.20. The third-order valence-electron chi connectivity index (χ3n) is 8.76. The first-order chi connectivity index (χ1) is 13.3. The minimum absolute atomic E-state index is 0.0342. The maximum atomic E-state index is 12.2. The molecule has 0 saturated heterocycles. The van der Waals surface area contributed by atoms with Gasteiger partial charge in [0, 0.05) is 35.5 Å². The summed E-state index contributed by atoms with van der Waals surface area (Å²) in [5, 5.41) is 14.2. The predicted molar refractivity (Wildman–Crippen MR) is 112 cm³/mol. The number of carbonyl (C=O) groups is 1. The van der Waals surface area contributed by atoms with E-state index in [1.807, 2.05) is 23.5 Å². The summed E-state index contributed by atoms with van der Waals surface area (Å²) in [6.45, 7) is 4.68. The molecule has 3 saturated carbocycles. The molecule has 0 aromatic carbocycles. The molecule has 3 aliphatic carbocycles. The Balaban J connectivity index is 1.49. The van der Waals surface area contributed by atoms with Crippen molar-refractivity contribution in [2.45, 2.75) is 58.1 Å². The van der Waals surface area contributed by atoms with Crippen LogP contribution < -0.4 is 0 Å². The van der Waals surface area contributed by atoms with E-state index < -0.39 is 0 Å². The van der Waals surface area contributed by atoms with Crippen LogP contribution in [-0.2, 0) is 4.79 Å². The van der Waals surface area contributed by atoms with E-state index in [0.717, 1.165) is 37.1 Å². The highest BCUT2D eigenvalue weighted by Crippen LogP contribution is 2.64. The van der Waals surface area contributed by atoms with E-state index in [0.29, 0.717) is 23.8 Å². The quantitative estimate of drug-likeness (QED) is 0.774. The maximum Gasteiger partial charge on any atom is 0.246 e. The number of fused-ring (bicyclic) bond motifs is 5. The van der Waals surface area contributed by atoms with Crippen LogP contribution in [0.15, 0.2) is 29.3 Å². The molecule has 4 nitrogen and oxygen atoms in total. The minimum Gasteiger partial charge on any atom is -0.388 e. The van der Waals surface area contributed by atoms with Gasteiger partial charge in [-0.1, -0.05) is 19.9 Å². The average molecular weight is 399 g/mol. The summed E-state index contributed by atoms with van der Waals surface area (Å²) < 4.78 is 0. The molecule has 5 rings (SSSR count). The van der Waals surface area contributed by atoms with Crippen LogP contribution in [0.25, 0.3) is 6.08 Å². The Morgan fingerprint density at radius 1 is 1.29 bits per heavy atom.